The maximum Gasteiger partial charge on any atom is 0.254 e. The summed E-state index contributed by atoms with van der Waals surface area (Å²) in [5.41, 5.74) is 5.45. The minimum absolute atomic E-state index is 0.0472. The number of fused-ring (bicyclic) bond motifs is 1. The van der Waals surface area contributed by atoms with Crippen LogP contribution in [0.1, 0.15) is 23.2 Å². The summed E-state index contributed by atoms with van der Waals surface area (Å²) in [7, 11) is 1.62. The van der Waals surface area contributed by atoms with Crippen molar-refractivity contribution in [3.63, 3.8) is 0 Å². The molecule has 2 aromatic rings. The maximum absolute atomic E-state index is 13.1. The van der Waals surface area contributed by atoms with Crippen LogP contribution in [-0.4, -0.2) is 48.4 Å². The number of amides is 2. The number of ether oxygens (including phenoxy) is 1. The average Bonchev–Trinajstić information content (AvgIpc) is 2.93. The molecule has 0 unspecified atom stereocenters. The lowest BCUT2D eigenvalue weighted by molar-refractivity contribution is -0.125. The molecule has 26 heavy (non-hydrogen) atoms. The molecule has 2 aliphatic heterocycles. The summed E-state index contributed by atoms with van der Waals surface area (Å²) < 4.78 is 5.40. The number of hydrogen-bond acceptors (Lipinski definition) is 5. The van der Waals surface area contributed by atoms with Gasteiger partial charge in [0.1, 0.15) is 11.3 Å². The highest BCUT2D eigenvalue weighted by Crippen LogP contribution is 2.32. The Morgan fingerprint density at radius 2 is 1.88 bits per heavy atom. The molecule has 0 aliphatic carbocycles. The van der Waals surface area contributed by atoms with Crippen molar-refractivity contribution in [2.24, 2.45) is 10.7 Å². The number of aliphatic imine (C=N–C) groups is 1. The van der Waals surface area contributed by atoms with E-state index in [0.29, 0.717) is 31.5 Å². The molecule has 2 aromatic carbocycles. The number of nitrogens with zero attached hydrogens (tertiary/aromatic N) is 2. The Labute approximate surface area is 150 Å². The van der Waals surface area contributed by atoms with Crippen molar-refractivity contribution in [2.75, 3.05) is 20.2 Å². The Morgan fingerprint density at radius 1 is 1.19 bits per heavy atom. The second-order valence-electron chi connectivity index (χ2n) is 6.64. The quantitative estimate of drug-likeness (QED) is 0.850. The molecule has 1 spiro atoms. The summed E-state index contributed by atoms with van der Waals surface area (Å²) in [5, 5.41) is 4.33. The molecule has 0 radical (unpaired) electrons. The Balaban J connectivity index is 1.60. The predicted molar refractivity (Wildman–Crippen MR) is 98.1 cm³/mol. The number of nitrogens with one attached hydrogen (secondary N) is 1. The number of carbonyl (C=O) groups excluding carboxylic acids is 2. The van der Waals surface area contributed by atoms with Crippen molar-refractivity contribution in [3.05, 3.63) is 42.0 Å². The van der Waals surface area contributed by atoms with Crippen molar-refractivity contribution in [1.29, 1.82) is 0 Å². The van der Waals surface area contributed by atoms with Crippen molar-refractivity contribution in [2.45, 2.75) is 18.4 Å². The molecule has 0 bridgehead atoms. The SMILES string of the molecule is COc1ccc(C(=O)N2CCC3(CC2)N=C(N)NC3=O)c2ccccc12. The van der Waals surface area contributed by atoms with E-state index >= 15 is 0 Å². The van der Waals surface area contributed by atoms with E-state index in [2.05, 4.69) is 10.3 Å². The van der Waals surface area contributed by atoms with Gasteiger partial charge in [0, 0.05) is 24.0 Å². The van der Waals surface area contributed by atoms with Gasteiger partial charge in [0.15, 0.2) is 5.96 Å². The third-order valence-corrected chi connectivity index (χ3v) is 5.21. The van der Waals surface area contributed by atoms with E-state index in [1.165, 1.54) is 0 Å². The lowest BCUT2D eigenvalue weighted by Crippen LogP contribution is -2.50. The molecule has 134 valence electrons. The molecule has 7 heteroatoms. The normalized spacial score (nSPS) is 18.7. The minimum atomic E-state index is -0.817. The van der Waals surface area contributed by atoms with Gasteiger partial charge in [-0.25, -0.2) is 4.99 Å². The highest BCUT2D eigenvalue weighted by molar-refractivity contribution is 6.09. The van der Waals surface area contributed by atoms with Crippen molar-refractivity contribution in [3.8, 4) is 5.75 Å². The van der Waals surface area contributed by atoms with Gasteiger partial charge in [0.2, 0.25) is 0 Å². The fourth-order valence-electron chi connectivity index (χ4n) is 3.77. The van der Waals surface area contributed by atoms with Crippen molar-refractivity contribution < 1.29 is 14.3 Å². The first-order valence-electron chi connectivity index (χ1n) is 8.56. The second kappa shape index (κ2) is 6.01. The summed E-state index contributed by atoms with van der Waals surface area (Å²) in [6.45, 7) is 0.923. The zero-order valence-electron chi connectivity index (χ0n) is 14.5. The van der Waals surface area contributed by atoms with Crippen LogP contribution >= 0.6 is 0 Å². The number of piperidine rings is 1. The van der Waals surface area contributed by atoms with Crippen LogP contribution in [0.25, 0.3) is 10.8 Å². The van der Waals surface area contributed by atoms with E-state index in [4.69, 9.17) is 10.5 Å². The molecule has 0 saturated carbocycles. The molecule has 2 heterocycles. The van der Waals surface area contributed by atoms with Gasteiger partial charge in [-0.3, -0.25) is 14.9 Å². The highest BCUT2D eigenvalue weighted by atomic mass is 16.5. The Hall–Kier alpha value is -3.09. The summed E-state index contributed by atoms with van der Waals surface area (Å²) in [6.07, 6.45) is 0.943. The smallest absolute Gasteiger partial charge is 0.254 e. The first-order valence-corrected chi connectivity index (χ1v) is 8.56. The first kappa shape index (κ1) is 16.4. The number of hydrogen-bond donors (Lipinski definition) is 2. The number of rotatable bonds is 2. The molecule has 3 N–H and O–H groups in total. The van der Waals surface area contributed by atoms with Gasteiger partial charge in [-0.05, 0) is 30.4 Å². The van der Waals surface area contributed by atoms with Gasteiger partial charge < -0.3 is 15.4 Å². The van der Waals surface area contributed by atoms with E-state index < -0.39 is 5.54 Å². The monoisotopic (exact) mass is 352 g/mol. The number of benzene rings is 2. The van der Waals surface area contributed by atoms with Crippen LogP contribution in [-0.2, 0) is 4.79 Å². The van der Waals surface area contributed by atoms with Crippen LogP contribution < -0.4 is 15.8 Å². The van der Waals surface area contributed by atoms with E-state index in [0.717, 1.165) is 16.5 Å². The number of guanidine groups is 1. The fourth-order valence-corrected chi connectivity index (χ4v) is 3.77. The van der Waals surface area contributed by atoms with Crippen molar-refractivity contribution >= 4 is 28.5 Å². The molecule has 1 saturated heterocycles. The molecule has 2 aliphatic rings. The Morgan fingerprint density at radius 3 is 2.50 bits per heavy atom. The predicted octanol–water partition coefficient (Wildman–Crippen LogP) is 1.27. The van der Waals surface area contributed by atoms with Crippen molar-refractivity contribution in [1.82, 2.24) is 10.2 Å². The number of likely N-dealkylation sites (tertiary alicyclic amines) is 1. The zero-order valence-corrected chi connectivity index (χ0v) is 14.5. The van der Waals surface area contributed by atoms with E-state index in [9.17, 15) is 9.59 Å². The first-order chi connectivity index (χ1) is 12.5. The molecular weight excluding hydrogens is 332 g/mol. The van der Waals surface area contributed by atoms with E-state index in [1.807, 2.05) is 30.3 Å². The summed E-state index contributed by atoms with van der Waals surface area (Å²) in [5.74, 6) is 0.684. The van der Waals surface area contributed by atoms with Gasteiger partial charge in [0.05, 0.1) is 7.11 Å². The lowest BCUT2D eigenvalue weighted by atomic mass is 9.87. The maximum atomic E-state index is 13.1. The second-order valence-corrected chi connectivity index (χ2v) is 6.64. The van der Waals surface area contributed by atoms with Crippen LogP contribution in [0.5, 0.6) is 5.75 Å². The van der Waals surface area contributed by atoms with E-state index in [-0.39, 0.29) is 17.8 Å². The molecule has 7 nitrogen and oxygen atoms in total. The van der Waals surface area contributed by atoms with Crippen LogP contribution in [0.15, 0.2) is 41.4 Å². The fraction of sp³-hybridized carbons (Fsp3) is 0.316. The summed E-state index contributed by atoms with van der Waals surface area (Å²) in [6, 6.07) is 11.3. The topological polar surface area (TPSA) is 97.0 Å². The molecule has 0 aromatic heterocycles. The zero-order chi connectivity index (χ0) is 18.3. The molecule has 4 rings (SSSR count). The van der Waals surface area contributed by atoms with Gasteiger partial charge >= 0.3 is 0 Å². The van der Waals surface area contributed by atoms with Gasteiger partial charge in [0.25, 0.3) is 11.8 Å². The largest absolute Gasteiger partial charge is 0.496 e. The van der Waals surface area contributed by atoms with Gasteiger partial charge in [-0.1, -0.05) is 24.3 Å². The highest BCUT2D eigenvalue weighted by Gasteiger charge is 2.46. The third-order valence-electron chi connectivity index (χ3n) is 5.21. The van der Waals surface area contributed by atoms with Gasteiger partial charge in [-0.2, -0.15) is 0 Å². The summed E-state index contributed by atoms with van der Waals surface area (Å²) >= 11 is 0. The van der Waals surface area contributed by atoms with Crippen LogP contribution in [0.2, 0.25) is 0 Å². The van der Waals surface area contributed by atoms with Crippen LogP contribution in [0.3, 0.4) is 0 Å². The minimum Gasteiger partial charge on any atom is -0.496 e. The summed E-state index contributed by atoms with van der Waals surface area (Å²) in [4.78, 5) is 31.3. The molecular formula is C19H20N4O3. The Kier molecular flexibility index (Phi) is 3.79. The third kappa shape index (κ3) is 2.47. The molecule has 0 atom stereocenters. The van der Waals surface area contributed by atoms with Crippen LogP contribution in [0.4, 0.5) is 0 Å². The lowest BCUT2D eigenvalue weighted by Gasteiger charge is -2.35. The Bertz CT molecular complexity index is 930. The number of carbonyl (C=O) groups is 2. The van der Waals surface area contributed by atoms with Gasteiger partial charge in [-0.15, -0.1) is 0 Å². The molecule has 1 fully saturated rings. The number of nitrogens with two attached hydrogens (primary N) is 1. The standard InChI is InChI=1S/C19H20N4O3/c1-26-15-7-6-14(12-4-2-3-5-13(12)15)16(24)23-10-8-19(9-11-23)17(25)21-18(20)22-19/h2-7H,8-11H2,1H3,(H3,20,21,22,25). The van der Waals surface area contributed by atoms with E-state index in [1.54, 1.807) is 18.1 Å². The van der Waals surface area contributed by atoms with Crippen LogP contribution in [0, 0.1) is 0 Å². The average molecular weight is 352 g/mol. The molecule has 2 amide bonds. The number of methoxy groups -OCH3 is 1.